The van der Waals surface area contributed by atoms with Crippen LogP contribution in [0.3, 0.4) is 0 Å². The van der Waals surface area contributed by atoms with Gasteiger partial charge < -0.3 is 10.2 Å². The Balaban J connectivity index is 2.05. The molecule has 1 heterocycles. The maximum Gasteiger partial charge on any atom is 0.185 e. The first-order chi connectivity index (χ1) is 9.97. The summed E-state index contributed by atoms with van der Waals surface area (Å²) in [6.45, 7) is 0. The molecule has 3 rings (SSSR count). The van der Waals surface area contributed by atoms with Crippen LogP contribution in [0.4, 0.5) is 18.9 Å². The van der Waals surface area contributed by atoms with Crippen molar-refractivity contribution in [1.29, 1.82) is 0 Å². The van der Waals surface area contributed by atoms with Crippen molar-refractivity contribution in [1.82, 2.24) is 0 Å². The number of anilines is 1. The zero-order valence-corrected chi connectivity index (χ0v) is 11.0. The molecule has 21 heavy (non-hydrogen) atoms. The Kier molecular flexibility index (Phi) is 3.17. The fraction of sp³-hybridized carbons (Fsp3) is 0. The highest BCUT2D eigenvalue weighted by Crippen LogP contribution is 2.40. The molecule has 108 valence electrons. The number of thioether (sulfide) groups is 1. The lowest BCUT2D eigenvalue weighted by atomic mass is 10.2. The van der Waals surface area contributed by atoms with E-state index in [0.717, 1.165) is 17.8 Å². The van der Waals surface area contributed by atoms with Gasteiger partial charge in [0.2, 0.25) is 0 Å². The molecule has 1 aliphatic heterocycles. The standard InChI is InChI=1S/C13H7F3N2O2S/c14-7-4-8(15)12-11(10(7)16)17-18-13(21-12)6-2-1-5(19)3-9(6)20/h1-4,17,19-20H. The molecule has 0 aromatic heterocycles. The fourth-order valence-corrected chi connectivity index (χ4v) is 2.78. The highest BCUT2D eigenvalue weighted by molar-refractivity contribution is 8.14. The smallest absolute Gasteiger partial charge is 0.185 e. The van der Waals surface area contributed by atoms with E-state index in [9.17, 15) is 23.4 Å². The highest BCUT2D eigenvalue weighted by atomic mass is 32.2. The quantitative estimate of drug-likeness (QED) is 0.706. The Morgan fingerprint density at radius 1 is 1.05 bits per heavy atom. The van der Waals surface area contributed by atoms with E-state index >= 15 is 0 Å². The number of phenols is 2. The largest absolute Gasteiger partial charge is 0.508 e. The molecule has 1 aliphatic rings. The van der Waals surface area contributed by atoms with Gasteiger partial charge in [0, 0.05) is 12.1 Å². The molecule has 8 heteroatoms. The Labute approximate surface area is 120 Å². The van der Waals surface area contributed by atoms with Crippen LogP contribution in [0.25, 0.3) is 0 Å². The maximum absolute atomic E-state index is 13.7. The van der Waals surface area contributed by atoms with Crippen molar-refractivity contribution in [3.8, 4) is 11.5 Å². The molecule has 0 spiro atoms. The van der Waals surface area contributed by atoms with Gasteiger partial charge in [-0.25, -0.2) is 13.2 Å². The number of aromatic hydroxyl groups is 2. The van der Waals surface area contributed by atoms with Crippen molar-refractivity contribution >= 4 is 22.5 Å². The number of nitrogens with zero attached hydrogens (tertiary/aromatic N) is 1. The molecule has 0 bridgehead atoms. The molecule has 0 radical (unpaired) electrons. The second kappa shape index (κ2) is 4.88. The van der Waals surface area contributed by atoms with Gasteiger partial charge in [-0.1, -0.05) is 11.8 Å². The van der Waals surface area contributed by atoms with Gasteiger partial charge in [-0.15, -0.1) is 0 Å². The summed E-state index contributed by atoms with van der Waals surface area (Å²) >= 11 is 0.744. The van der Waals surface area contributed by atoms with Gasteiger partial charge >= 0.3 is 0 Å². The monoisotopic (exact) mass is 312 g/mol. The maximum atomic E-state index is 13.7. The second-order valence-corrected chi connectivity index (χ2v) is 5.19. The van der Waals surface area contributed by atoms with E-state index in [4.69, 9.17) is 0 Å². The van der Waals surface area contributed by atoms with Gasteiger partial charge in [0.25, 0.3) is 0 Å². The van der Waals surface area contributed by atoms with Crippen molar-refractivity contribution < 1.29 is 23.4 Å². The molecule has 3 N–H and O–H groups in total. The molecule has 0 saturated carbocycles. The van der Waals surface area contributed by atoms with E-state index < -0.39 is 17.5 Å². The lowest BCUT2D eigenvalue weighted by Crippen LogP contribution is -2.11. The zero-order chi connectivity index (χ0) is 15.1. The molecular weight excluding hydrogens is 305 g/mol. The van der Waals surface area contributed by atoms with E-state index in [1.807, 2.05) is 0 Å². The SMILES string of the molecule is Oc1ccc(C2=NNc3c(F)c(F)cc(F)c3S2)c(O)c1. The number of halogens is 3. The number of hydrogen-bond donors (Lipinski definition) is 3. The van der Waals surface area contributed by atoms with Gasteiger partial charge in [-0.3, -0.25) is 5.43 Å². The van der Waals surface area contributed by atoms with Crippen LogP contribution >= 0.6 is 11.8 Å². The number of hydrogen-bond acceptors (Lipinski definition) is 5. The summed E-state index contributed by atoms with van der Waals surface area (Å²) in [7, 11) is 0. The molecule has 0 atom stereocenters. The average molecular weight is 312 g/mol. The van der Waals surface area contributed by atoms with E-state index in [0.29, 0.717) is 6.07 Å². The number of benzene rings is 2. The summed E-state index contributed by atoms with van der Waals surface area (Å²) in [5.74, 6) is -3.89. The van der Waals surface area contributed by atoms with Crippen LogP contribution in [0, 0.1) is 17.5 Å². The molecule has 0 aliphatic carbocycles. The highest BCUT2D eigenvalue weighted by Gasteiger charge is 2.25. The summed E-state index contributed by atoms with van der Waals surface area (Å²) in [6.07, 6.45) is 0. The lowest BCUT2D eigenvalue weighted by Gasteiger charge is -2.18. The van der Waals surface area contributed by atoms with Crippen LogP contribution in [0.5, 0.6) is 11.5 Å². The molecule has 2 aromatic carbocycles. The normalized spacial score (nSPS) is 13.4. The number of hydrazone groups is 1. The van der Waals surface area contributed by atoms with Gasteiger partial charge in [0.05, 0.1) is 10.5 Å². The predicted octanol–water partition coefficient (Wildman–Crippen LogP) is 3.39. The summed E-state index contributed by atoms with van der Waals surface area (Å²) in [5, 5.41) is 22.9. The van der Waals surface area contributed by atoms with E-state index in [-0.39, 0.29) is 32.7 Å². The van der Waals surface area contributed by atoms with Gasteiger partial charge in [-0.05, 0) is 12.1 Å². The van der Waals surface area contributed by atoms with Gasteiger partial charge in [0.15, 0.2) is 11.6 Å². The zero-order valence-electron chi connectivity index (χ0n) is 10.2. The summed E-state index contributed by atoms with van der Waals surface area (Å²) in [4.78, 5) is -0.161. The Morgan fingerprint density at radius 3 is 2.52 bits per heavy atom. The Bertz CT molecular complexity index is 780. The average Bonchev–Trinajstić information content (AvgIpc) is 2.44. The minimum Gasteiger partial charge on any atom is -0.508 e. The van der Waals surface area contributed by atoms with E-state index in [1.165, 1.54) is 12.1 Å². The van der Waals surface area contributed by atoms with Crippen molar-refractivity contribution in [3.63, 3.8) is 0 Å². The van der Waals surface area contributed by atoms with Gasteiger partial charge in [0.1, 0.15) is 28.0 Å². The van der Waals surface area contributed by atoms with E-state index in [1.54, 1.807) is 0 Å². The molecule has 0 saturated heterocycles. The van der Waals surface area contributed by atoms with Gasteiger partial charge in [-0.2, -0.15) is 5.10 Å². The molecular formula is C13H7F3N2O2S. The second-order valence-electron chi connectivity index (χ2n) is 4.19. The molecule has 0 fully saturated rings. The first kappa shape index (κ1) is 13.6. The third-order valence-corrected chi connectivity index (χ3v) is 3.91. The van der Waals surface area contributed by atoms with Crippen LogP contribution < -0.4 is 5.43 Å². The van der Waals surface area contributed by atoms with Crippen LogP contribution in [-0.4, -0.2) is 15.3 Å². The van der Waals surface area contributed by atoms with Crippen LogP contribution in [0.1, 0.15) is 5.56 Å². The third kappa shape index (κ3) is 2.27. The number of phenolic OH excluding ortho intramolecular Hbond substituents is 2. The topological polar surface area (TPSA) is 64.9 Å². The molecule has 4 nitrogen and oxygen atoms in total. The fourth-order valence-electron chi connectivity index (χ4n) is 1.82. The van der Waals surface area contributed by atoms with Crippen LogP contribution in [-0.2, 0) is 0 Å². The van der Waals surface area contributed by atoms with E-state index in [2.05, 4.69) is 10.5 Å². The first-order valence-corrected chi connectivity index (χ1v) is 6.50. The Hall–Kier alpha value is -2.35. The van der Waals surface area contributed by atoms with Crippen molar-refractivity contribution in [2.45, 2.75) is 4.90 Å². The minimum absolute atomic E-state index is 0.148. The number of nitrogens with one attached hydrogen (secondary N) is 1. The number of fused-ring (bicyclic) bond motifs is 1. The first-order valence-electron chi connectivity index (χ1n) is 5.69. The number of rotatable bonds is 1. The van der Waals surface area contributed by atoms with Crippen LogP contribution in [0.2, 0.25) is 0 Å². The summed E-state index contributed by atoms with van der Waals surface area (Å²) < 4.78 is 40.4. The van der Waals surface area contributed by atoms with Crippen molar-refractivity contribution in [2.75, 3.05) is 5.43 Å². The Morgan fingerprint density at radius 2 is 1.81 bits per heavy atom. The molecule has 0 unspecified atom stereocenters. The van der Waals surface area contributed by atoms with Crippen molar-refractivity contribution in [3.05, 3.63) is 47.3 Å². The molecule has 2 aromatic rings. The summed E-state index contributed by atoms with van der Waals surface area (Å²) in [6, 6.07) is 4.23. The summed E-state index contributed by atoms with van der Waals surface area (Å²) in [5.41, 5.74) is 2.07. The lowest BCUT2D eigenvalue weighted by molar-refractivity contribution is 0.450. The third-order valence-electron chi connectivity index (χ3n) is 2.81. The molecule has 0 amide bonds. The minimum atomic E-state index is -1.31. The van der Waals surface area contributed by atoms with Crippen molar-refractivity contribution in [2.24, 2.45) is 5.10 Å². The van der Waals surface area contributed by atoms with Crippen LogP contribution in [0.15, 0.2) is 34.3 Å². The predicted molar refractivity (Wildman–Crippen MR) is 72.1 cm³/mol.